The van der Waals surface area contributed by atoms with Gasteiger partial charge in [0.2, 0.25) is 0 Å². The molecule has 1 heterocycles. The summed E-state index contributed by atoms with van der Waals surface area (Å²) >= 11 is 0. The fourth-order valence-electron chi connectivity index (χ4n) is 6.89. The number of phenolic OH excluding ortho intramolecular Hbond substituents is 2. The maximum absolute atomic E-state index is 13.5. The maximum Gasteiger partial charge on any atom is 0.198 e. The van der Waals surface area contributed by atoms with Crippen LogP contribution in [0.1, 0.15) is 104 Å². The predicted octanol–water partition coefficient (Wildman–Crippen LogP) is 3.97. The molecule has 0 aromatic heterocycles. The van der Waals surface area contributed by atoms with Crippen molar-refractivity contribution in [2.75, 3.05) is 26.8 Å². The van der Waals surface area contributed by atoms with E-state index in [1.807, 2.05) is 57.7 Å². The molecule has 2 aromatic rings. The highest BCUT2D eigenvalue weighted by atomic mass is 16.6. The number of rotatable bonds is 7. The topological polar surface area (TPSA) is 173 Å². The first-order valence-electron chi connectivity index (χ1n) is 17.0. The number of hydrogen-bond donors (Lipinski definition) is 6. The second-order valence-corrected chi connectivity index (χ2v) is 12.6. The molecule has 264 valence electrons. The Labute approximate surface area is 283 Å². The summed E-state index contributed by atoms with van der Waals surface area (Å²) in [7, 11) is 1.51. The van der Waals surface area contributed by atoms with Gasteiger partial charge in [-0.2, -0.15) is 0 Å². The second-order valence-electron chi connectivity index (χ2n) is 12.6. The summed E-state index contributed by atoms with van der Waals surface area (Å²) in [5.74, 6) is -0.457. The van der Waals surface area contributed by atoms with Crippen LogP contribution in [0.25, 0.3) is 5.57 Å². The molecule has 11 heteroatoms. The molecule has 2 aromatic carbocycles. The molecule has 1 aliphatic heterocycles. The van der Waals surface area contributed by atoms with Crippen LogP contribution >= 0.6 is 0 Å². The Balaban J connectivity index is 0.000000259. The van der Waals surface area contributed by atoms with Crippen molar-refractivity contribution in [3.05, 3.63) is 62.7 Å². The molecule has 4 aliphatic rings. The van der Waals surface area contributed by atoms with Crippen molar-refractivity contribution in [3.63, 3.8) is 0 Å². The third-order valence-corrected chi connectivity index (χ3v) is 9.63. The summed E-state index contributed by atoms with van der Waals surface area (Å²) in [5.41, 5.74) is 4.44. The number of fused-ring (bicyclic) bond motifs is 3. The summed E-state index contributed by atoms with van der Waals surface area (Å²) in [6, 6.07) is 5.67. The highest BCUT2D eigenvalue weighted by Gasteiger charge is 2.44. The third-order valence-electron chi connectivity index (χ3n) is 9.63. The van der Waals surface area contributed by atoms with Gasteiger partial charge in [-0.05, 0) is 69.6 Å². The molecule has 48 heavy (non-hydrogen) atoms. The average molecular weight is 669 g/mol. The quantitative estimate of drug-likeness (QED) is 0.123. The Bertz CT molecular complexity index is 1560. The highest BCUT2D eigenvalue weighted by molar-refractivity contribution is 6.22. The van der Waals surface area contributed by atoms with E-state index in [1.165, 1.54) is 7.05 Å². The SMILES string of the molecule is CC.CCC(O)OC(C)C(O)N1CCO[C@@H]1C.CN=C(CO)[C@@]1(O)CCc2c(O)c3c(c(O)c2C1)C(=C1CC1)c1cccc(C)c1C3=O. The van der Waals surface area contributed by atoms with E-state index in [4.69, 9.17) is 9.47 Å². The number of ketones is 1. The Morgan fingerprint density at radius 1 is 1.10 bits per heavy atom. The Morgan fingerprint density at radius 2 is 1.77 bits per heavy atom. The first kappa shape index (κ1) is 37.7. The van der Waals surface area contributed by atoms with Gasteiger partial charge >= 0.3 is 0 Å². The molecule has 6 rings (SSSR count). The number of nitrogens with zero attached hydrogens (tertiary/aromatic N) is 2. The fraction of sp³-hybridized carbons (Fsp3) is 0.568. The number of aliphatic hydroxyl groups is 4. The molecule has 3 aliphatic carbocycles. The van der Waals surface area contributed by atoms with E-state index < -0.39 is 24.2 Å². The number of phenols is 2. The summed E-state index contributed by atoms with van der Waals surface area (Å²) < 4.78 is 10.5. The zero-order chi connectivity index (χ0) is 35.5. The molecular weight excluding hydrogens is 616 g/mol. The first-order valence-corrected chi connectivity index (χ1v) is 17.0. The number of carbonyl (C=O) groups excluding carboxylic acids is 1. The van der Waals surface area contributed by atoms with E-state index in [2.05, 4.69) is 4.99 Å². The van der Waals surface area contributed by atoms with Gasteiger partial charge in [0, 0.05) is 42.3 Å². The molecule has 0 bridgehead atoms. The molecule has 6 N–H and O–H groups in total. The molecule has 3 unspecified atom stereocenters. The Kier molecular flexibility index (Phi) is 12.2. The number of ether oxygens (including phenoxy) is 2. The zero-order valence-electron chi connectivity index (χ0n) is 29.2. The number of allylic oxidation sites excluding steroid dienone is 1. The van der Waals surface area contributed by atoms with E-state index in [0.717, 1.165) is 35.1 Å². The lowest BCUT2D eigenvalue weighted by molar-refractivity contribution is -0.195. The van der Waals surface area contributed by atoms with Crippen LogP contribution in [0, 0.1) is 6.92 Å². The summed E-state index contributed by atoms with van der Waals surface area (Å²) in [4.78, 5) is 19.3. The molecule has 1 saturated heterocycles. The van der Waals surface area contributed by atoms with Gasteiger partial charge in [-0.15, -0.1) is 0 Å². The second kappa shape index (κ2) is 15.6. The number of hydrogen-bond acceptors (Lipinski definition) is 11. The van der Waals surface area contributed by atoms with Crippen LogP contribution in [0.3, 0.4) is 0 Å². The standard InChI is InChI=1S/C25H25NO5.C10H21NO4.C2H6/c1-12-4-3-5-15-18(12)24(30)21-20(19(15)13-6-7-13)23(29)16-10-25(31,17(11-27)26-2)9-8-14(16)22(21)28;1-4-9(12)15-7(2)10(13)11-5-6-14-8(11)3;1-2/h3-5,27-29,31H,6-11H2,1-2H3;7-10,12-13H,4-6H2,1-3H3;1-2H3/t25-;7?,8-,9?,10?;/m11./s1. The van der Waals surface area contributed by atoms with Crippen LogP contribution in [-0.4, -0.2) is 104 Å². The monoisotopic (exact) mass is 668 g/mol. The average Bonchev–Trinajstić information content (AvgIpc) is 3.83. The summed E-state index contributed by atoms with van der Waals surface area (Å²) in [6.45, 7) is 12.3. The first-order chi connectivity index (χ1) is 22.9. The highest BCUT2D eigenvalue weighted by Crippen LogP contribution is 2.54. The number of aromatic hydroxyl groups is 2. The van der Waals surface area contributed by atoms with E-state index in [0.29, 0.717) is 41.8 Å². The van der Waals surface area contributed by atoms with Gasteiger partial charge in [0.25, 0.3) is 0 Å². The Hall–Kier alpha value is -3.16. The lowest BCUT2D eigenvalue weighted by atomic mass is 9.71. The lowest BCUT2D eigenvalue weighted by Crippen LogP contribution is -2.46. The van der Waals surface area contributed by atoms with E-state index >= 15 is 0 Å². The van der Waals surface area contributed by atoms with Crippen LogP contribution in [0.2, 0.25) is 0 Å². The summed E-state index contributed by atoms with van der Waals surface area (Å²) in [5, 5.41) is 62.7. The van der Waals surface area contributed by atoms with Crippen LogP contribution in [-0.2, 0) is 22.3 Å². The van der Waals surface area contributed by atoms with Crippen molar-refractivity contribution in [2.24, 2.45) is 4.99 Å². The summed E-state index contributed by atoms with van der Waals surface area (Å²) in [6.07, 6.45) is 0.728. The smallest absolute Gasteiger partial charge is 0.198 e. The largest absolute Gasteiger partial charge is 0.507 e. The van der Waals surface area contributed by atoms with Crippen molar-refractivity contribution in [1.82, 2.24) is 4.90 Å². The van der Waals surface area contributed by atoms with Crippen molar-refractivity contribution in [3.8, 4) is 11.5 Å². The predicted molar refractivity (Wildman–Crippen MR) is 183 cm³/mol. The van der Waals surface area contributed by atoms with Gasteiger partial charge in [-0.1, -0.05) is 44.5 Å². The van der Waals surface area contributed by atoms with Gasteiger partial charge < -0.3 is 40.1 Å². The number of carbonyl (C=O) groups is 1. The van der Waals surface area contributed by atoms with E-state index in [-0.39, 0.29) is 60.7 Å². The molecule has 2 fully saturated rings. The van der Waals surface area contributed by atoms with Crippen LogP contribution in [0.5, 0.6) is 11.5 Å². The molecule has 0 amide bonds. The number of benzene rings is 2. The van der Waals surface area contributed by atoms with Crippen LogP contribution in [0.15, 0.2) is 28.8 Å². The van der Waals surface area contributed by atoms with Crippen LogP contribution < -0.4 is 0 Å². The zero-order valence-corrected chi connectivity index (χ0v) is 29.2. The third kappa shape index (κ3) is 7.09. The minimum absolute atomic E-state index is 0.0136. The number of aryl methyl sites for hydroxylation is 1. The molecular formula is C37H52N2O9. The number of aliphatic hydroxyl groups excluding tert-OH is 3. The van der Waals surface area contributed by atoms with Gasteiger partial charge in [-0.3, -0.25) is 9.79 Å². The van der Waals surface area contributed by atoms with Gasteiger partial charge in [0.1, 0.15) is 29.6 Å². The minimum atomic E-state index is -1.41. The normalized spacial score (nSPS) is 23.5. The lowest BCUT2D eigenvalue weighted by Gasteiger charge is -2.36. The molecule has 5 atom stereocenters. The van der Waals surface area contributed by atoms with E-state index in [9.17, 15) is 35.4 Å². The molecule has 0 radical (unpaired) electrons. The molecule has 1 saturated carbocycles. The van der Waals surface area contributed by atoms with Crippen molar-refractivity contribution < 1.29 is 44.9 Å². The molecule has 0 spiro atoms. The van der Waals surface area contributed by atoms with Gasteiger partial charge in [0.05, 0.1) is 30.6 Å². The maximum atomic E-state index is 13.5. The van der Waals surface area contributed by atoms with Crippen molar-refractivity contribution >= 4 is 17.1 Å². The van der Waals surface area contributed by atoms with Crippen molar-refractivity contribution in [2.45, 2.75) is 111 Å². The van der Waals surface area contributed by atoms with Crippen LogP contribution in [0.4, 0.5) is 0 Å². The van der Waals surface area contributed by atoms with Gasteiger partial charge in [0.15, 0.2) is 12.1 Å². The Morgan fingerprint density at radius 3 is 2.33 bits per heavy atom. The van der Waals surface area contributed by atoms with E-state index in [1.54, 1.807) is 6.92 Å². The fourth-order valence-corrected chi connectivity index (χ4v) is 6.89. The van der Waals surface area contributed by atoms with Gasteiger partial charge in [-0.25, -0.2) is 4.90 Å². The number of aliphatic imine (C=N–C) groups is 1. The molecule has 11 nitrogen and oxygen atoms in total. The minimum Gasteiger partial charge on any atom is -0.507 e. The van der Waals surface area contributed by atoms with Crippen molar-refractivity contribution in [1.29, 1.82) is 0 Å².